The molecular weight excluding hydrogens is 242 g/mol. The molecule has 0 saturated carbocycles. The van der Waals surface area contributed by atoms with Crippen LogP contribution in [0.1, 0.15) is 37.0 Å². The minimum Gasteiger partial charge on any atom is -0.296 e. The average molecular weight is 265 g/mol. The zero-order valence-electron chi connectivity index (χ0n) is 11.8. The smallest absolute Gasteiger partial charge is 0.176 e. The first-order valence-corrected chi connectivity index (χ1v) is 7.68. The molecule has 1 rings (SSSR count). The van der Waals surface area contributed by atoms with Crippen molar-refractivity contribution >= 4 is 17.5 Å². The Bertz CT molecular complexity index is 375. The van der Waals surface area contributed by atoms with Crippen LogP contribution in [-0.2, 0) is 0 Å². The van der Waals surface area contributed by atoms with Crippen molar-refractivity contribution in [2.45, 2.75) is 37.6 Å². The van der Waals surface area contributed by atoms with Crippen LogP contribution in [0.5, 0.6) is 0 Å². The third-order valence-electron chi connectivity index (χ3n) is 3.26. The number of thioether (sulfide) groups is 1. The molecule has 3 heteroatoms. The molecule has 0 heterocycles. The Hall–Kier alpha value is -0.800. The zero-order valence-corrected chi connectivity index (χ0v) is 12.6. The lowest BCUT2D eigenvalue weighted by atomic mass is 10.1. The van der Waals surface area contributed by atoms with Gasteiger partial charge < -0.3 is 0 Å². The van der Waals surface area contributed by atoms with Gasteiger partial charge in [-0.15, -0.1) is 11.8 Å². The summed E-state index contributed by atoms with van der Waals surface area (Å²) in [7, 11) is 2.02. The first-order valence-electron chi connectivity index (χ1n) is 6.46. The van der Waals surface area contributed by atoms with Crippen molar-refractivity contribution in [3.05, 3.63) is 29.8 Å². The lowest BCUT2D eigenvalue weighted by Gasteiger charge is -2.23. The van der Waals surface area contributed by atoms with Gasteiger partial charge in [0, 0.05) is 16.5 Å². The summed E-state index contributed by atoms with van der Waals surface area (Å²) in [6.07, 6.45) is 4.33. The van der Waals surface area contributed by atoms with E-state index < -0.39 is 0 Å². The predicted octanol–water partition coefficient (Wildman–Crippen LogP) is 3.71. The standard InChI is InChI=1S/C15H23NOS/c1-5-6-12(2)16(3)11-15(17)13-7-9-14(18-4)10-8-13/h7-10,12H,5-6,11H2,1-4H3. The van der Waals surface area contributed by atoms with Crippen LogP contribution in [0.2, 0.25) is 0 Å². The van der Waals surface area contributed by atoms with E-state index in [-0.39, 0.29) is 5.78 Å². The second-order valence-corrected chi connectivity index (χ2v) is 5.58. The van der Waals surface area contributed by atoms with Gasteiger partial charge in [0.25, 0.3) is 0 Å². The fourth-order valence-electron chi connectivity index (χ4n) is 1.89. The molecular formula is C15H23NOS. The van der Waals surface area contributed by atoms with Crippen molar-refractivity contribution in [1.29, 1.82) is 0 Å². The number of ketones is 1. The highest BCUT2D eigenvalue weighted by Gasteiger charge is 2.13. The summed E-state index contributed by atoms with van der Waals surface area (Å²) in [4.78, 5) is 15.4. The normalized spacial score (nSPS) is 12.7. The molecule has 0 amide bonds. The Morgan fingerprint density at radius 2 is 1.94 bits per heavy atom. The van der Waals surface area contributed by atoms with Gasteiger partial charge in [-0.1, -0.05) is 25.5 Å². The number of hydrogen-bond acceptors (Lipinski definition) is 3. The number of benzene rings is 1. The minimum atomic E-state index is 0.202. The van der Waals surface area contributed by atoms with E-state index in [0.717, 1.165) is 18.4 Å². The van der Waals surface area contributed by atoms with E-state index in [9.17, 15) is 4.79 Å². The number of likely N-dealkylation sites (N-methyl/N-ethyl adjacent to an activating group) is 1. The molecule has 0 spiro atoms. The maximum atomic E-state index is 12.1. The van der Waals surface area contributed by atoms with E-state index >= 15 is 0 Å². The Balaban J connectivity index is 2.58. The molecule has 1 atom stereocenters. The van der Waals surface area contributed by atoms with Crippen molar-refractivity contribution in [2.24, 2.45) is 0 Å². The van der Waals surface area contributed by atoms with Gasteiger partial charge in [-0.3, -0.25) is 9.69 Å². The van der Waals surface area contributed by atoms with Gasteiger partial charge >= 0.3 is 0 Å². The Kier molecular flexibility index (Phi) is 6.44. The number of nitrogens with zero attached hydrogens (tertiary/aromatic N) is 1. The van der Waals surface area contributed by atoms with Gasteiger partial charge in [0.05, 0.1) is 6.54 Å². The first-order chi connectivity index (χ1) is 8.58. The largest absolute Gasteiger partial charge is 0.296 e. The van der Waals surface area contributed by atoms with Gasteiger partial charge in [0.2, 0.25) is 0 Å². The molecule has 1 aromatic rings. The Morgan fingerprint density at radius 1 is 1.33 bits per heavy atom. The molecule has 0 saturated heterocycles. The lowest BCUT2D eigenvalue weighted by molar-refractivity contribution is 0.0921. The molecule has 0 aromatic heterocycles. The molecule has 0 aliphatic heterocycles. The molecule has 0 N–H and O–H groups in total. The molecule has 0 bridgehead atoms. The first kappa shape index (κ1) is 15.3. The van der Waals surface area contributed by atoms with E-state index in [1.165, 1.54) is 4.90 Å². The van der Waals surface area contributed by atoms with Crippen molar-refractivity contribution in [1.82, 2.24) is 4.90 Å². The molecule has 1 unspecified atom stereocenters. The summed E-state index contributed by atoms with van der Waals surface area (Å²) in [5.74, 6) is 0.202. The summed E-state index contributed by atoms with van der Waals surface area (Å²) >= 11 is 1.69. The summed E-state index contributed by atoms with van der Waals surface area (Å²) < 4.78 is 0. The summed E-state index contributed by atoms with van der Waals surface area (Å²) in [6, 6.07) is 8.32. The van der Waals surface area contributed by atoms with Crippen LogP contribution in [0.4, 0.5) is 0 Å². The maximum absolute atomic E-state index is 12.1. The number of rotatable bonds is 7. The zero-order chi connectivity index (χ0) is 13.5. The molecule has 0 aliphatic carbocycles. The molecule has 2 nitrogen and oxygen atoms in total. The maximum Gasteiger partial charge on any atom is 0.176 e. The van der Waals surface area contributed by atoms with E-state index in [2.05, 4.69) is 18.7 Å². The summed E-state index contributed by atoms with van der Waals surface area (Å²) in [5.41, 5.74) is 0.809. The van der Waals surface area contributed by atoms with Gasteiger partial charge in [0.15, 0.2) is 5.78 Å². The molecule has 0 aliphatic rings. The summed E-state index contributed by atoms with van der Waals surface area (Å²) in [6.45, 7) is 4.85. The highest BCUT2D eigenvalue weighted by atomic mass is 32.2. The monoisotopic (exact) mass is 265 g/mol. The third kappa shape index (κ3) is 4.46. The number of carbonyl (C=O) groups is 1. The van der Waals surface area contributed by atoms with Gasteiger partial charge in [-0.2, -0.15) is 0 Å². The van der Waals surface area contributed by atoms with E-state index in [1.807, 2.05) is 37.6 Å². The van der Waals surface area contributed by atoms with Crippen LogP contribution in [-0.4, -0.2) is 36.6 Å². The van der Waals surface area contributed by atoms with Gasteiger partial charge in [0.1, 0.15) is 0 Å². The van der Waals surface area contributed by atoms with E-state index in [1.54, 1.807) is 11.8 Å². The Labute approximate surface area is 115 Å². The summed E-state index contributed by atoms with van der Waals surface area (Å²) in [5, 5.41) is 0. The third-order valence-corrected chi connectivity index (χ3v) is 4.01. The second kappa shape index (κ2) is 7.59. The van der Waals surface area contributed by atoms with Crippen LogP contribution < -0.4 is 0 Å². The number of Topliss-reactive ketones (excluding diaryl/α,β-unsaturated/α-hetero) is 1. The highest BCUT2D eigenvalue weighted by molar-refractivity contribution is 7.98. The SMILES string of the molecule is CCCC(C)N(C)CC(=O)c1ccc(SC)cc1. The fraction of sp³-hybridized carbons (Fsp3) is 0.533. The van der Waals surface area contributed by atoms with Crippen LogP contribution in [0.25, 0.3) is 0 Å². The van der Waals surface area contributed by atoms with Gasteiger partial charge in [-0.25, -0.2) is 0 Å². The molecule has 100 valence electrons. The van der Waals surface area contributed by atoms with E-state index in [4.69, 9.17) is 0 Å². The van der Waals surface area contributed by atoms with Crippen LogP contribution in [0, 0.1) is 0 Å². The minimum absolute atomic E-state index is 0.202. The van der Waals surface area contributed by atoms with Crippen LogP contribution >= 0.6 is 11.8 Å². The number of carbonyl (C=O) groups excluding carboxylic acids is 1. The molecule has 1 aromatic carbocycles. The quantitative estimate of drug-likeness (QED) is 0.553. The predicted molar refractivity (Wildman–Crippen MR) is 79.6 cm³/mol. The van der Waals surface area contributed by atoms with Crippen molar-refractivity contribution in [3.8, 4) is 0 Å². The molecule has 0 fully saturated rings. The van der Waals surface area contributed by atoms with Gasteiger partial charge in [-0.05, 0) is 38.8 Å². The lowest BCUT2D eigenvalue weighted by Crippen LogP contribution is -2.33. The average Bonchev–Trinajstić information content (AvgIpc) is 2.39. The molecule has 18 heavy (non-hydrogen) atoms. The van der Waals surface area contributed by atoms with Crippen molar-refractivity contribution in [2.75, 3.05) is 19.8 Å². The van der Waals surface area contributed by atoms with Crippen molar-refractivity contribution < 1.29 is 4.79 Å². The number of hydrogen-bond donors (Lipinski definition) is 0. The van der Waals surface area contributed by atoms with E-state index in [0.29, 0.717) is 12.6 Å². The fourth-order valence-corrected chi connectivity index (χ4v) is 2.30. The molecule has 0 radical (unpaired) electrons. The Morgan fingerprint density at radius 3 is 2.44 bits per heavy atom. The van der Waals surface area contributed by atoms with Crippen LogP contribution in [0.3, 0.4) is 0 Å². The highest BCUT2D eigenvalue weighted by Crippen LogP contribution is 2.15. The van der Waals surface area contributed by atoms with Crippen LogP contribution in [0.15, 0.2) is 29.2 Å². The topological polar surface area (TPSA) is 20.3 Å². The van der Waals surface area contributed by atoms with Crippen molar-refractivity contribution in [3.63, 3.8) is 0 Å². The second-order valence-electron chi connectivity index (χ2n) is 4.70.